The number of carbonyl (C=O) groups is 2. The second-order valence-corrected chi connectivity index (χ2v) is 6.63. The molecule has 0 fully saturated rings. The molecule has 0 atom stereocenters. The summed E-state index contributed by atoms with van der Waals surface area (Å²) in [5.74, 6) is -1.37. The van der Waals surface area contributed by atoms with Crippen molar-refractivity contribution in [1.82, 2.24) is 9.78 Å². The number of nitro groups is 1. The Morgan fingerprint density at radius 3 is 2.72 bits per heavy atom. The van der Waals surface area contributed by atoms with Crippen molar-refractivity contribution in [3.05, 3.63) is 87.1 Å². The number of para-hydroxylation sites is 1. The van der Waals surface area contributed by atoms with Crippen LogP contribution in [0.4, 0.5) is 11.5 Å². The maximum atomic E-state index is 12.2. The van der Waals surface area contributed by atoms with Gasteiger partial charge < -0.3 is 10.1 Å². The lowest BCUT2D eigenvalue weighted by molar-refractivity contribution is -0.384. The van der Waals surface area contributed by atoms with Gasteiger partial charge in [-0.05, 0) is 29.8 Å². The molecule has 32 heavy (non-hydrogen) atoms. The Morgan fingerprint density at radius 2 is 2.03 bits per heavy atom. The fraction of sp³-hybridized carbons (Fsp3) is 0.0476. The van der Waals surface area contributed by atoms with E-state index in [4.69, 9.17) is 16.3 Å². The molecule has 0 spiro atoms. The Morgan fingerprint density at radius 1 is 1.28 bits per heavy atom. The second-order valence-electron chi connectivity index (χ2n) is 6.22. The van der Waals surface area contributed by atoms with Crippen LogP contribution in [0.1, 0.15) is 11.1 Å². The molecule has 1 N–H and O–H groups in total. The molecule has 0 aliphatic carbocycles. The number of hydrogen-bond acceptors (Lipinski definition) is 7. The van der Waals surface area contributed by atoms with E-state index in [9.17, 15) is 25.0 Å². The highest BCUT2D eigenvalue weighted by Crippen LogP contribution is 2.25. The topological polar surface area (TPSA) is 140 Å². The number of halogens is 1. The first-order chi connectivity index (χ1) is 15.4. The van der Waals surface area contributed by atoms with E-state index in [-0.39, 0.29) is 22.1 Å². The number of amides is 1. The second kappa shape index (κ2) is 10.0. The number of nitro benzene ring substituents is 1. The highest BCUT2D eigenvalue weighted by molar-refractivity contribution is 6.32. The summed E-state index contributed by atoms with van der Waals surface area (Å²) in [4.78, 5) is 34.4. The van der Waals surface area contributed by atoms with Gasteiger partial charge in [0.15, 0.2) is 12.4 Å². The van der Waals surface area contributed by atoms with Gasteiger partial charge in [-0.15, -0.1) is 0 Å². The molecule has 160 valence electrons. The van der Waals surface area contributed by atoms with Gasteiger partial charge >= 0.3 is 5.97 Å². The van der Waals surface area contributed by atoms with Crippen LogP contribution in [0.25, 0.3) is 11.8 Å². The Bertz CT molecular complexity index is 1250. The Kier molecular flexibility index (Phi) is 6.95. The van der Waals surface area contributed by atoms with Crippen LogP contribution in [0.15, 0.2) is 60.8 Å². The van der Waals surface area contributed by atoms with Crippen molar-refractivity contribution in [2.24, 2.45) is 0 Å². The van der Waals surface area contributed by atoms with E-state index in [0.717, 1.165) is 6.08 Å². The summed E-state index contributed by atoms with van der Waals surface area (Å²) >= 11 is 5.74. The van der Waals surface area contributed by atoms with Gasteiger partial charge in [0.1, 0.15) is 16.7 Å². The quantitative estimate of drug-likeness (QED) is 0.251. The fourth-order valence-corrected chi connectivity index (χ4v) is 2.79. The Balaban J connectivity index is 1.62. The molecule has 0 radical (unpaired) electrons. The molecular weight excluding hydrogens is 438 g/mol. The van der Waals surface area contributed by atoms with E-state index in [0.29, 0.717) is 11.3 Å². The zero-order valence-electron chi connectivity index (χ0n) is 16.3. The summed E-state index contributed by atoms with van der Waals surface area (Å²) in [6.07, 6.45) is 3.62. The SMILES string of the molecule is N#Cc1cnn(-c2ccccc2)c1NC(=O)COC(=O)/C=C/c1ccc(Cl)c([N+](=O)[O-])c1. The number of ether oxygens (including phenoxy) is 1. The number of nitrogens with one attached hydrogen (secondary N) is 1. The minimum atomic E-state index is -0.838. The normalized spacial score (nSPS) is 10.5. The molecule has 0 bridgehead atoms. The Labute approximate surface area is 186 Å². The monoisotopic (exact) mass is 451 g/mol. The third kappa shape index (κ3) is 5.35. The summed E-state index contributed by atoms with van der Waals surface area (Å²) in [7, 11) is 0. The van der Waals surface area contributed by atoms with E-state index in [2.05, 4.69) is 10.4 Å². The van der Waals surface area contributed by atoms with Crippen molar-refractivity contribution < 1.29 is 19.2 Å². The van der Waals surface area contributed by atoms with E-state index in [1.807, 2.05) is 12.1 Å². The zero-order chi connectivity index (χ0) is 23.1. The standard InChI is InChI=1S/C21H14ClN5O5/c22-17-8-6-14(10-18(17)27(30)31)7-9-20(29)32-13-19(28)25-21-15(11-23)12-24-26(21)16-4-2-1-3-5-16/h1-10,12H,13H2,(H,25,28)/b9-7+. The molecule has 0 unspecified atom stereocenters. The first-order valence-electron chi connectivity index (χ1n) is 9.01. The third-order valence-corrected chi connectivity index (χ3v) is 4.39. The smallest absolute Gasteiger partial charge is 0.331 e. The van der Waals surface area contributed by atoms with Crippen molar-refractivity contribution >= 4 is 41.1 Å². The van der Waals surface area contributed by atoms with Gasteiger partial charge in [-0.25, -0.2) is 9.48 Å². The van der Waals surface area contributed by atoms with Crippen molar-refractivity contribution in [3.63, 3.8) is 0 Å². The molecule has 11 heteroatoms. The number of hydrogen-bond donors (Lipinski definition) is 1. The van der Waals surface area contributed by atoms with Gasteiger partial charge in [-0.2, -0.15) is 10.4 Å². The molecule has 1 heterocycles. The molecule has 2 aromatic carbocycles. The summed E-state index contributed by atoms with van der Waals surface area (Å²) in [6.45, 7) is -0.616. The number of aromatic nitrogens is 2. The maximum Gasteiger partial charge on any atom is 0.331 e. The van der Waals surface area contributed by atoms with Gasteiger partial charge in [0.05, 0.1) is 16.8 Å². The molecule has 1 aromatic heterocycles. The molecule has 3 aromatic rings. The molecule has 0 aliphatic rings. The average molecular weight is 452 g/mol. The van der Waals surface area contributed by atoms with Crippen LogP contribution in [0.2, 0.25) is 5.02 Å². The number of benzene rings is 2. The highest BCUT2D eigenvalue weighted by atomic mass is 35.5. The van der Waals surface area contributed by atoms with Gasteiger partial charge in [-0.1, -0.05) is 35.9 Å². The molecule has 10 nitrogen and oxygen atoms in total. The number of anilines is 1. The summed E-state index contributed by atoms with van der Waals surface area (Å²) in [5, 5.41) is 26.8. The van der Waals surface area contributed by atoms with E-state index < -0.39 is 23.4 Å². The van der Waals surface area contributed by atoms with E-state index >= 15 is 0 Å². The van der Waals surface area contributed by atoms with Crippen molar-refractivity contribution in [2.45, 2.75) is 0 Å². The molecule has 0 saturated carbocycles. The lowest BCUT2D eigenvalue weighted by atomic mass is 10.2. The van der Waals surface area contributed by atoms with E-state index in [1.165, 1.54) is 35.2 Å². The van der Waals surface area contributed by atoms with Gasteiger partial charge in [-0.3, -0.25) is 14.9 Å². The van der Waals surface area contributed by atoms with Crippen LogP contribution >= 0.6 is 11.6 Å². The lowest BCUT2D eigenvalue weighted by Gasteiger charge is -2.09. The molecule has 3 rings (SSSR count). The maximum absolute atomic E-state index is 12.2. The van der Waals surface area contributed by atoms with Gasteiger partial charge in [0.25, 0.3) is 11.6 Å². The van der Waals surface area contributed by atoms with Crippen molar-refractivity contribution in [3.8, 4) is 11.8 Å². The molecular formula is C21H14ClN5O5. The minimum absolute atomic E-state index is 0.0297. The first kappa shape index (κ1) is 22.2. The zero-order valence-corrected chi connectivity index (χ0v) is 17.0. The molecule has 0 saturated heterocycles. The number of nitriles is 1. The average Bonchev–Trinajstić information content (AvgIpc) is 3.19. The van der Waals surface area contributed by atoms with Crippen molar-refractivity contribution in [1.29, 1.82) is 5.26 Å². The van der Waals surface area contributed by atoms with Crippen LogP contribution in [-0.2, 0) is 14.3 Å². The Hall–Kier alpha value is -4.49. The lowest BCUT2D eigenvalue weighted by Crippen LogP contribution is -2.22. The minimum Gasteiger partial charge on any atom is -0.452 e. The van der Waals surface area contributed by atoms with Crippen LogP contribution in [0.3, 0.4) is 0 Å². The number of nitrogens with zero attached hydrogens (tertiary/aromatic N) is 4. The summed E-state index contributed by atoms with van der Waals surface area (Å²) in [6, 6.07) is 14.8. The van der Waals surface area contributed by atoms with Crippen molar-refractivity contribution in [2.75, 3.05) is 11.9 Å². The molecule has 1 amide bonds. The highest BCUT2D eigenvalue weighted by Gasteiger charge is 2.16. The van der Waals surface area contributed by atoms with Crippen LogP contribution in [0.5, 0.6) is 0 Å². The summed E-state index contributed by atoms with van der Waals surface area (Å²) < 4.78 is 6.27. The van der Waals surface area contributed by atoms with Gasteiger partial charge in [0.2, 0.25) is 0 Å². The van der Waals surface area contributed by atoms with Crippen LogP contribution in [0, 0.1) is 21.4 Å². The summed E-state index contributed by atoms with van der Waals surface area (Å²) in [5.41, 5.74) is 0.817. The van der Waals surface area contributed by atoms with Crippen LogP contribution < -0.4 is 5.32 Å². The van der Waals surface area contributed by atoms with Gasteiger partial charge in [0, 0.05) is 12.1 Å². The van der Waals surface area contributed by atoms with E-state index in [1.54, 1.807) is 24.3 Å². The first-order valence-corrected chi connectivity index (χ1v) is 9.39. The predicted octanol–water partition coefficient (Wildman–Crippen LogP) is 3.50. The fourth-order valence-electron chi connectivity index (χ4n) is 2.61. The predicted molar refractivity (Wildman–Crippen MR) is 115 cm³/mol. The number of rotatable bonds is 7. The largest absolute Gasteiger partial charge is 0.452 e. The third-order valence-electron chi connectivity index (χ3n) is 4.07. The van der Waals surface area contributed by atoms with Crippen LogP contribution in [-0.4, -0.2) is 33.2 Å². The number of carbonyl (C=O) groups excluding carboxylic acids is 2. The number of esters is 1. The molecule has 0 aliphatic heterocycles.